The Hall–Kier alpha value is -3.07. The third-order valence-electron chi connectivity index (χ3n) is 3.72. The summed E-state index contributed by atoms with van der Waals surface area (Å²) in [5.74, 6) is 0.853. The van der Waals surface area contributed by atoms with Crippen LogP contribution in [0.1, 0.15) is 16.7 Å². The average Bonchev–Trinajstić information content (AvgIpc) is 2.63. The molecule has 3 nitrogen and oxygen atoms in total. The topological polar surface area (TPSA) is 33.6 Å². The first-order valence-electron chi connectivity index (χ1n) is 7.93. The third kappa shape index (κ3) is 4.46. The maximum absolute atomic E-state index is 5.84. The number of hydrazone groups is 1. The number of hydrogen-bond donors (Lipinski definition) is 1. The van der Waals surface area contributed by atoms with E-state index in [4.69, 9.17) is 4.74 Å². The summed E-state index contributed by atoms with van der Waals surface area (Å²) in [4.78, 5) is 0. The number of ether oxygens (including phenoxy) is 1. The molecule has 0 bridgehead atoms. The number of hydrogen-bond acceptors (Lipinski definition) is 3. The monoisotopic (exact) mass is 316 g/mol. The van der Waals surface area contributed by atoms with Crippen LogP contribution >= 0.6 is 0 Å². The molecule has 0 spiro atoms. The minimum atomic E-state index is 0.579. The lowest BCUT2D eigenvalue weighted by molar-refractivity contribution is 0.305. The van der Waals surface area contributed by atoms with Gasteiger partial charge in [0.15, 0.2) is 0 Å². The molecule has 3 heteroatoms. The van der Waals surface area contributed by atoms with Crippen molar-refractivity contribution < 1.29 is 4.74 Å². The fraction of sp³-hybridized carbons (Fsp3) is 0.0952. The van der Waals surface area contributed by atoms with Crippen LogP contribution in [0.25, 0.3) is 0 Å². The number of benzene rings is 3. The Labute approximate surface area is 142 Å². The molecule has 0 atom stereocenters. The van der Waals surface area contributed by atoms with Crippen LogP contribution in [0.4, 0.5) is 5.69 Å². The van der Waals surface area contributed by atoms with Crippen LogP contribution < -0.4 is 10.2 Å². The molecule has 0 unspecified atom stereocenters. The predicted molar refractivity (Wildman–Crippen MR) is 99.6 cm³/mol. The van der Waals surface area contributed by atoms with Gasteiger partial charge in [0.25, 0.3) is 0 Å². The molecule has 0 amide bonds. The van der Waals surface area contributed by atoms with Gasteiger partial charge in [0, 0.05) is 0 Å². The maximum atomic E-state index is 5.84. The minimum absolute atomic E-state index is 0.579. The van der Waals surface area contributed by atoms with E-state index in [1.807, 2.05) is 66.7 Å². The van der Waals surface area contributed by atoms with Crippen molar-refractivity contribution in [2.75, 3.05) is 5.43 Å². The van der Waals surface area contributed by atoms with Gasteiger partial charge in [0.1, 0.15) is 12.4 Å². The van der Waals surface area contributed by atoms with Crippen molar-refractivity contribution in [3.63, 3.8) is 0 Å². The van der Waals surface area contributed by atoms with Crippen LogP contribution in [0.3, 0.4) is 0 Å². The van der Waals surface area contributed by atoms with Crippen molar-refractivity contribution >= 4 is 11.9 Å². The van der Waals surface area contributed by atoms with E-state index in [1.165, 1.54) is 11.1 Å². The average molecular weight is 316 g/mol. The number of anilines is 1. The predicted octanol–water partition coefficient (Wildman–Crippen LogP) is 5.02. The molecule has 0 aromatic heterocycles. The minimum Gasteiger partial charge on any atom is -0.489 e. The molecule has 24 heavy (non-hydrogen) atoms. The van der Waals surface area contributed by atoms with Crippen molar-refractivity contribution in [2.45, 2.75) is 13.5 Å². The molecular formula is C21H20N2O. The van der Waals surface area contributed by atoms with E-state index >= 15 is 0 Å². The summed E-state index contributed by atoms with van der Waals surface area (Å²) < 4.78 is 5.84. The van der Waals surface area contributed by atoms with Crippen molar-refractivity contribution in [2.24, 2.45) is 5.10 Å². The fourth-order valence-corrected chi connectivity index (χ4v) is 2.28. The number of aryl methyl sites for hydroxylation is 1. The van der Waals surface area contributed by atoms with Crippen molar-refractivity contribution in [3.8, 4) is 5.75 Å². The summed E-state index contributed by atoms with van der Waals surface area (Å²) in [6.07, 6.45) is 1.79. The van der Waals surface area contributed by atoms with Gasteiger partial charge in [-0.25, -0.2) is 0 Å². The van der Waals surface area contributed by atoms with Gasteiger partial charge in [-0.2, -0.15) is 5.10 Å². The first-order valence-corrected chi connectivity index (χ1v) is 7.93. The SMILES string of the molecule is Cc1ccccc1COc1ccc(/C=N/Nc2ccccc2)cc1. The molecule has 120 valence electrons. The van der Waals surface area contributed by atoms with Crippen molar-refractivity contribution in [1.82, 2.24) is 0 Å². The lowest BCUT2D eigenvalue weighted by atomic mass is 10.1. The summed E-state index contributed by atoms with van der Waals surface area (Å²) in [5, 5.41) is 4.23. The van der Waals surface area contributed by atoms with E-state index in [1.54, 1.807) is 6.21 Å². The van der Waals surface area contributed by atoms with E-state index in [0.29, 0.717) is 6.61 Å². The molecule has 3 aromatic rings. The zero-order valence-electron chi connectivity index (χ0n) is 13.6. The highest BCUT2D eigenvalue weighted by atomic mass is 16.5. The first-order chi connectivity index (χ1) is 11.8. The van der Waals surface area contributed by atoms with Gasteiger partial charge < -0.3 is 4.74 Å². The smallest absolute Gasteiger partial charge is 0.119 e. The molecule has 0 aliphatic heterocycles. The Morgan fingerprint density at radius 2 is 1.58 bits per heavy atom. The molecule has 0 fully saturated rings. The van der Waals surface area contributed by atoms with Gasteiger partial charge in [0.05, 0.1) is 11.9 Å². The number of nitrogens with one attached hydrogen (secondary N) is 1. The lowest BCUT2D eigenvalue weighted by Crippen LogP contribution is -1.97. The van der Waals surface area contributed by atoms with Crippen LogP contribution in [0.15, 0.2) is 84.0 Å². The number of nitrogens with zero attached hydrogens (tertiary/aromatic N) is 1. The van der Waals surface area contributed by atoms with Gasteiger partial charge in [-0.1, -0.05) is 42.5 Å². The van der Waals surface area contributed by atoms with E-state index in [9.17, 15) is 0 Å². The zero-order valence-corrected chi connectivity index (χ0v) is 13.6. The second-order valence-electron chi connectivity index (χ2n) is 5.52. The van der Waals surface area contributed by atoms with Crippen LogP contribution in [0, 0.1) is 6.92 Å². The van der Waals surface area contributed by atoms with Crippen molar-refractivity contribution in [3.05, 3.63) is 95.6 Å². The Morgan fingerprint density at radius 1 is 0.875 bits per heavy atom. The molecule has 3 aromatic carbocycles. The van der Waals surface area contributed by atoms with E-state index in [2.05, 4.69) is 29.6 Å². The zero-order chi connectivity index (χ0) is 16.6. The number of para-hydroxylation sites is 1. The van der Waals surface area contributed by atoms with Crippen molar-refractivity contribution in [1.29, 1.82) is 0 Å². The van der Waals surface area contributed by atoms with E-state index in [-0.39, 0.29) is 0 Å². The van der Waals surface area contributed by atoms with Crippen LogP contribution in [0.5, 0.6) is 5.75 Å². The summed E-state index contributed by atoms with van der Waals surface area (Å²) in [5.41, 5.74) is 7.43. The first kappa shape index (κ1) is 15.8. The maximum Gasteiger partial charge on any atom is 0.119 e. The van der Waals surface area contributed by atoms with Crippen LogP contribution in [-0.2, 0) is 6.61 Å². The fourth-order valence-electron chi connectivity index (χ4n) is 2.28. The van der Waals surface area contributed by atoms with Crippen LogP contribution in [-0.4, -0.2) is 6.21 Å². The summed E-state index contributed by atoms with van der Waals surface area (Å²) in [6.45, 7) is 2.67. The lowest BCUT2D eigenvalue weighted by Gasteiger charge is -2.08. The molecule has 0 saturated heterocycles. The second-order valence-corrected chi connectivity index (χ2v) is 5.52. The molecular weight excluding hydrogens is 296 g/mol. The van der Waals surface area contributed by atoms with E-state index < -0.39 is 0 Å². The molecule has 3 rings (SSSR count). The Bertz CT molecular complexity index is 796. The van der Waals surface area contributed by atoms with Gasteiger partial charge in [-0.15, -0.1) is 0 Å². The van der Waals surface area contributed by atoms with Gasteiger partial charge >= 0.3 is 0 Å². The molecule has 0 aliphatic carbocycles. The molecule has 0 saturated carbocycles. The molecule has 0 radical (unpaired) electrons. The normalized spacial score (nSPS) is 10.7. The number of rotatable bonds is 6. The Morgan fingerprint density at radius 3 is 2.33 bits per heavy atom. The quantitative estimate of drug-likeness (QED) is 0.512. The van der Waals surface area contributed by atoms with Gasteiger partial charge in [-0.3, -0.25) is 5.43 Å². The highest BCUT2D eigenvalue weighted by Crippen LogP contribution is 2.15. The second kappa shape index (κ2) is 7.97. The highest BCUT2D eigenvalue weighted by Gasteiger charge is 1.99. The highest BCUT2D eigenvalue weighted by molar-refractivity contribution is 5.80. The summed E-state index contributed by atoms with van der Waals surface area (Å²) in [7, 11) is 0. The standard InChI is InChI=1S/C21H20N2O/c1-17-7-5-6-8-19(17)16-24-21-13-11-18(12-14-21)15-22-23-20-9-3-2-4-10-20/h2-15,23H,16H2,1H3/b22-15+. The summed E-state index contributed by atoms with van der Waals surface area (Å²) in [6, 6.07) is 26.0. The Kier molecular flexibility index (Phi) is 5.25. The van der Waals surface area contributed by atoms with Crippen LogP contribution in [0.2, 0.25) is 0 Å². The van der Waals surface area contributed by atoms with Gasteiger partial charge in [0.2, 0.25) is 0 Å². The Balaban J connectivity index is 1.54. The largest absolute Gasteiger partial charge is 0.489 e. The van der Waals surface area contributed by atoms with Gasteiger partial charge in [-0.05, 0) is 60.0 Å². The summed E-state index contributed by atoms with van der Waals surface area (Å²) >= 11 is 0. The molecule has 1 N–H and O–H groups in total. The molecule has 0 aliphatic rings. The van der Waals surface area contributed by atoms with E-state index in [0.717, 1.165) is 17.0 Å². The third-order valence-corrected chi connectivity index (χ3v) is 3.72. The molecule has 0 heterocycles.